The third kappa shape index (κ3) is 2.07. The highest BCUT2D eigenvalue weighted by atomic mass is 35.5. The fraction of sp³-hybridized carbons (Fsp3) is 0.462. The molecule has 0 spiro atoms. The number of fused-ring (bicyclic) bond motifs is 1. The Hall–Kier alpha value is -1.73. The van der Waals surface area contributed by atoms with E-state index in [0.717, 1.165) is 36.3 Å². The number of imidazole rings is 1. The average molecular weight is 338 g/mol. The lowest BCUT2D eigenvalue weighted by molar-refractivity contribution is 0.516. The van der Waals surface area contributed by atoms with E-state index in [9.17, 15) is 0 Å². The smallest absolute Gasteiger partial charge is 0.177 e. The molecule has 3 heterocycles. The standard InChI is InChI=1S/C13H13Cl2N7/c1-6-9(14)10-13(17-11(6)15)22(5-16-10)8-3-2-7(4-8)12-18-20-21-19-12/h5,7-8H,2-4H2,1H3,(H,18,19,20,21)/t7-,8+/m1/s1. The van der Waals surface area contributed by atoms with Gasteiger partial charge in [0.25, 0.3) is 0 Å². The van der Waals surface area contributed by atoms with E-state index < -0.39 is 0 Å². The number of aromatic amines is 1. The predicted molar refractivity (Wildman–Crippen MR) is 82.1 cm³/mol. The van der Waals surface area contributed by atoms with Crippen LogP contribution in [-0.4, -0.2) is 35.2 Å². The van der Waals surface area contributed by atoms with Crippen LogP contribution in [0.25, 0.3) is 11.2 Å². The van der Waals surface area contributed by atoms with Crippen LogP contribution in [0.4, 0.5) is 0 Å². The molecule has 1 aliphatic rings. The summed E-state index contributed by atoms with van der Waals surface area (Å²) in [6, 6.07) is 0.288. The summed E-state index contributed by atoms with van der Waals surface area (Å²) in [6.45, 7) is 1.85. The van der Waals surface area contributed by atoms with Gasteiger partial charge in [-0.1, -0.05) is 28.4 Å². The van der Waals surface area contributed by atoms with E-state index in [0.29, 0.717) is 21.6 Å². The fourth-order valence-electron chi connectivity index (χ4n) is 3.12. The van der Waals surface area contributed by atoms with Gasteiger partial charge in [-0.25, -0.2) is 9.97 Å². The van der Waals surface area contributed by atoms with Crippen molar-refractivity contribution in [3.63, 3.8) is 0 Å². The number of nitrogens with zero attached hydrogens (tertiary/aromatic N) is 6. The van der Waals surface area contributed by atoms with Gasteiger partial charge in [0.2, 0.25) is 0 Å². The van der Waals surface area contributed by atoms with Crippen molar-refractivity contribution < 1.29 is 0 Å². The molecule has 3 aromatic rings. The number of tetrazole rings is 1. The first kappa shape index (κ1) is 13.9. The van der Waals surface area contributed by atoms with Crippen LogP contribution in [0.2, 0.25) is 10.2 Å². The molecule has 1 N–H and O–H groups in total. The molecule has 0 amide bonds. The Kier molecular flexibility index (Phi) is 3.27. The molecule has 0 aliphatic heterocycles. The molecular weight excluding hydrogens is 325 g/mol. The first-order chi connectivity index (χ1) is 10.6. The van der Waals surface area contributed by atoms with Crippen molar-refractivity contribution in [2.45, 2.75) is 38.1 Å². The Morgan fingerprint density at radius 1 is 1.32 bits per heavy atom. The number of rotatable bonds is 2. The summed E-state index contributed by atoms with van der Waals surface area (Å²) >= 11 is 12.5. The quantitative estimate of drug-likeness (QED) is 0.726. The average Bonchev–Trinajstić information content (AvgIpc) is 3.22. The SMILES string of the molecule is Cc1c(Cl)nc2c(ncn2[C@H]2CC[C@@H](c3nn[nH]n3)C2)c1Cl. The summed E-state index contributed by atoms with van der Waals surface area (Å²) in [5.41, 5.74) is 2.20. The zero-order valence-corrected chi connectivity index (χ0v) is 13.3. The minimum Gasteiger partial charge on any atom is -0.312 e. The second-order valence-electron chi connectivity index (χ2n) is 5.60. The van der Waals surface area contributed by atoms with Gasteiger partial charge in [-0.15, -0.1) is 10.2 Å². The van der Waals surface area contributed by atoms with Gasteiger partial charge < -0.3 is 4.57 Å². The maximum atomic E-state index is 6.33. The Labute approximate surface area is 136 Å². The van der Waals surface area contributed by atoms with Crippen LogP contribution >= 0.6 is 23.2 Å². The van der Waals surface area contributed by atoms with Gasteiger partial charge in [0.1, 0.15) is 10.7 Å². The molecule has 1 saturated carbocycles. The van der Waals surface area contributed by atoms with Crippen molar-refractivity contribution in [3.05, 3.63) is 27.9 Å². The number of nitrogens with one attached hydrogen (secondary N) is 1. The molecule has 0 saturated heterocycles. The predicted octanol–water partition coefficient (Wildman–Crippen LogP) is 3.07. The molecule has 9 heteroatoms. The van der Waals surface area contributed by atoms with Crippen LogP contribution in [0, 0.1) is 6.92 Å². The van der Waals surface area contributed by atoms with Gasteiger partial charge in [-0.05, 0) is 26.2 Å². The summed E-state index contributed by atoms with van der Waals surface area (Å²) in [5.74, 6) is 1.07. The van der Waals surface area contributed by atoms with E-state index in [1.54, 1.807) is 6.33 Å². The molecule has 0 unspecified atom stereocenters. The van der Waals surface area contributed by atoms with E-state index in [-0.39, 0.29) is 6.04 Å². The second kappa shape index (κ2) is 5.17. The van der Waals surface area contributed by atoms with Crippen LogP contribution in [0.15, 0.2) is 6.33 Å². The molecule has 2 atom stereocenters. The summed E-state index contributed by atoms with van der Waals surface area (Å²) in [7, 11) is 0. The van der Waals surface area contributed by atoms with Gasteiger partial charge in [0.05, 0.1) is 11.3 Å². The number of hydrogen-bond donors (Lipinski definition) is 1. The third-order valence-electron chi connectivity index (χ3n) is 4.34. The van der Waals surface area contributed by atoms with Crippen molar-refractivity contribution in [1.82, 2.24) is 35.2 Å². The monoisotopic (exact) mass is 337 g/mol. The van der Waals surface area contributed by atoms with Crippen LogP contribution in [0.3, 0.4) is 0 Å². The molecule has 0 bridgehead atoms. The van der Waals surface area contributed by atoms with Gasteiger partial charge >= 0.3 is 0 Å². The van der Waals surface area contributed by atoms with Crippen molar-refractivity contribution in [1.29, 1.82) is 0 Å². The molecule has 7 nitrogen and oxygen atoms in total. The van der Waals surface area contributed by atoms with Crippen molar-refractivity contribution in [2.75, 3.05) is 0 Å². The van der Waals surface area contributed by atoms with Crippen LogP contribution < -0.4 is 0 Å². The lowest BCUT2D eigenvalue weighted by Crippen LogP contribution is -2.06. The molecule has 3 aromatic heterocycles. The topological polar surface area (TPSA) is 85.2 Å². The molecule has 1 fully saturated rings. The third-order valence-corrected chi connectivity index (χ3v) is 5.17. The van der Waals surface area contributed by atoms with Gasteiger partial charge in [-0.2, -0.15) is 5.21 Å². The minimum absolute atomic E-state index is 0.288. The molecule has 22 heavy (non-hydrogen) atoms. The van der Waals surface area contributed by atoms with Crippen LogP contribution in [0.5, 0.6) is 0 Å². The van der Waals surface area contributed by atoms with E-state index in [4.69, 9.17) is 23.2 Å². The molecule has 1 aliphatic carbocycles. The first-order valence-electron chi connectivity index (χ1n) is 7.06. The highest BCUT2D eigenvalue weighted by Gasteiger charge is 2.31. The van der Waals surface area contributed by atoms with Gasteiger partial charge in [-0.3, -0.25) is 0 Å². The number of halogens is 2. The maximum Gasteiger partial charge on any atom is 0.177 e. The van der Waals surface area contributed by atoms with E-state index in [1.807, 2.05) is 6.92 Å². The van der Waals surface area contributed by atoms with Crippen LogP contribution in [-0.2, 0) is 0 Å². The van der Waals surface area contributed by atoms with Crippen LogP contribution in [0.1, 0.15) is 42.6 Å². The molecular formula is C13H13Cl2N7. The summed E-state index contributed by atoms with van der Waals surface area (Å²) in [5, 5.41) is 15.3. The highest BCUT2D eigenvalue weighted by Crippen LogP contribution is 2.41. The Balaban J connectivity index is 1.71. The van der Waals surface area contributed by atoms with E-state index >= 15 is 0 Å². The zero-order valence-electron chi connectivity index (χ0n) is 11.8. The zero-order chi connectivity index (χ0) is 15.3. The van der Waals surface area contributed by atoms with Crippen molar-refractivity contribution in [3.8, 4) is 0 Å². The first-order valence-corrected chi connectivity index (χ1v) is 7.82. The van der Waals surface area contributed by atoms with Gasteiger partial charge in [0, 0.05) is 17.5 Å². The summed E-state index contributed by atoms with van der Waals surface area (Å²) in [4.78, 5) is 8.87. The number of H-pyrrole nitrogens is 1. The lowest BCUT2D eigenvalue weighted by Gasteiger charge is -2.13. The Bertz CT molecular complexity index is 827. The lowest BCUT2D eigenvalue weighted by atomic mass is 10.1. The van der Waals surface area contributed by atoms with Gasteiger partial charge in [0.15, 0.2) is 11.5 Å². The minimum atomic E-state index is 0.288. The normalized spacial score (nSPS) is 21.8. The Morgan fingerprint density at radius 2 is 2.18 bits per heavy atom. The summed E-state index contributed by atoms with van der Waals surface area (Å²) in [6.07, 6.45) is 4.74. The fourth-order valence-corrected chi connectivity index (χ4v) is 3.57. The molecule has 0 aromatic carbocycles. The van der Waals surface area contributed by atoms with E-state index in [2.05, 4.69) is 35.2 Å². The molecule has 4 rings (SSSR count). The van der Waals surface area contributed by atoms with E-state index in [1.165, 1.54) is 0 Å². The van der Waals surface area contributed by atoms with Crippen molar-refractivity contribution in [2.24, 2.45) is 0 Å². The second-order valence-corrected chi connectivity index (χ2v) is 6.34. The summed E-state index contributed by atoms with van der Waals surface area (Å²) < 4.78 is 2.06. The highest BCUT2D eigenvalue weighted by molar-refractivity contribution is 6.38. The molecule has 114 valence electrons. The molecule has 0 radical (unpaired) electrons. The van der Waals surface area contributed by atoms with Crippen molar-refractivity contribution >= 4 is 34.4 Å². The number of aromatic nitrogens is 7. The number of pyridine rings is 1. The maximum absolute atomic E-state index is 6.33. The largest absolute Gasteiger partial charge is 0.312 e. The number of hydrogen-bond acceptors (Lipinski definition) is 5. The Morgan fingerprint density at radius 3 is 2.95 bits per heavy atom.